The van der Waals surface area contributed by atoms with Crippen LogP contribution < -0.4 is 0 Å². The molecule has 2 nitrogen and oxygen atoms in total. The van der Waals surface area contributed by atoms with Gasteiger partial charge in [0.15, 0.2) is 0 Å². The van der Waals surface area contributed by atoms with Crippen LogP contribution in [0.25, 0.3) is 0 Å². The summed E-state index contributed by atoms with van der Waals surface area (Å²) in [6.45, 7) is 0.995. The van der Waals surface area contributed by atoms with Crippen molar-refractivity contribution in [2.45, 2.75) is 6.04 Å². The van der Waals surface area contributed by atoms with Crippen molar-refractivity contribution >= 4 is 38.1 Å². The van der Waals surface area contributed by atoms with E-state index in [1.54, 1.807) is 0 Å². The fourth-order valence-electron chi connectivity index (χ4n) is 1.91. The fourth-order valence-corrected chi connectivity index (χ4v) is 2.44. The summed E-state index contributed by atoms with van der Waals surface area (Å²) in [4.78, 5) is 0. The fraction of sp³-hybridized carbons (Fsp3) is 0.133. The molecule has 0 radical (unpaired) electrons. The molecule has 0 N–H and O–H groups in total. The molecular weight excluding hydrogens is 368 g/mol. The van der Waals surface area contributed by atoms with Gasteiger partial charge in [-0.25, -0.2) is 0 Å². The third-order valence-corrected chi connectivity index (χ3v) is 4.12. The summed E-state index contributed by atoms with van der Waals surface area (Å²) < 4.78 is 2.20. The summed E-state index contributed by atoms with van der Waals surface area (Å²) in [5, 5.41) is 6.59. The van der Waals surface area contributed by atoms with Crippen LogP contribution in [0.4, 0.5) is 0 Å². The van der Waals surface area contributed by atoms with E-state index < -0.39 is 0 Å². The number of hydrazone groups is 1. The van der Waals surface area contributed by atoms with Crippen molar-refractivity contribution < 1.29 is 0 Å². The Morgan fingerprint density at radius 2 is 1.53 bits per heavy atom. The Morgan fingerprint density at radius 1 is 0.947 bits per heavy atom. The Labute approximate surface area is 129 Å². The van der Waals surface area contributed by atoms with Gasteiger partial charge in [-0.3, -0.25) is 5.01 Å². The lowest BCUT2D eigenvalue weighted by Crippen LogP contribution is -1.90. The Kier molecular flexibility index (Phi) is 3.71. The summed E-state index contributed by atoms with van der Waals surface area (Å²) >= 11 is 6.88. The first kappa shape index (κ1) is 12.9. The van der Waals surface area contributed by atoms with E-state index in [0.717, 1.165) is 21.1 Å². The lowest BCUT2D eigenvalue weighted by Gasteiger charge is -2.00. The quantitative estimate of drug-likeness (QED) is 0.561. The number of benzene rings is 2. The van der Waals surface area contributed by atoms with Gasteiger partial charge in [0.25, 0.3) is 0 Å². The Balaban J connectivity index is 1.64. The van der Waals surface area contributed by atoms with Crippen LogP contribution in [0, 0.1) is 0 Å². The zero-order valence-electron chi connectivity index (χ0n) is 10.1. The summed E-state index contributed by atoms with van der Waals surface area (Å²) in [7, 11) is 0. The van der Waals surface area contributed by atoms with Crippen LogP contribution in [0.3, 0.4) is 0 Å². The smallest absolute Gasteiger partial charge is 0.0913 e. The van der Waals surface area contributed by atoms with Crippen LogP contribution in [-0.4, -0.2) is 17.8 Å². The molecule has 19 heavy (non-hydrogen) atoms. The Bertz CT molecular complexity index is 591. The second-order valence-electron chi connectivity index (χ2n) is 4.49. The topological polar surface area (TPSA) is 15.4 Å². The normalized spacial score (nSPS) is 18.0. The second-order valence-corrected chi connectivity index (χ2v) is 6.32. The first-order valence-corrected chi connectivity index (χ1v) is 7.62. The SMILES string of the molecule is Brc1ccc(/C=N/N2CC2c2ccc(Br)cc2)cc1. The van der Waals surface area contributed by atoms with Crippen LogP contribution in [0.5, 0.6) is 0 Å². The van der Waals surface area contributed by atoms with Gasteiger partial charge in [0.1, 0.15) is 0 Å². The number of hydrogen-bond acceptors (Lipinski definition) is 2. The predicted molar refractivity (Wildman–Crippen MR) is 85.3 cm³/mol. The lowest BCUT2D eigenvalue weighted by atomic mass is 10.2. The van der Waals surface area contributed by atoms with Crippen LogP contribution in [-0.2, 0) is 0 Å². The van der Waals surface area contributed by atoms with Crippen molar-refractivity contribution in [3.63, 3.8) is 0 Å². The van der Waals surface area contributed by atoms with Gasteiger partial charge in [-0.15, -0.1) is 0 Å². The third-order valence-electron chi connectivity index (χ3n) is 3.07. The molecule has 0 aliphatic carbocycles. The highest BCUT2D eigenvalue weighted by Gasteiger charge is 2.34. The molecule has 0 amide bonds. The van der Waals surface area contributed by atoms with Crippen molar-refractivity contribution in [2.24, 2.45) is 5.10 Å². The number of hydrogen-bond donors (Lipinski definition) is 0. The highest BCUT2D eigenvalue weighted by Crippen LogP contribution is 2.35. The van der Waals surface area contributed by atoms with Gasteiger partial charge in [0.05, 0.1) is 18.8 Å². The van der Waals surface area contributed by atoms with Crippen LogP contribution in [0.2, 0.25) is 0 Å². The first-order valence-electron chi connectivity index (χ1n) is 6.04. The molecule has 4 heteroatoms. The largest absolute Gasteiger partial charge is 0.285 e. The average molecular weight is 380 g/mol. The maximum absolute atomic E-state index is 4.50. The van der Waals surface area contributed by atoms with Crippen molar-refractivity contribution in [2.75, 3.05) is 6.54 Å². The molecule has 1 heterocycles. The molecule has 2 aromatic rings. The highest BCUT2D eigenvalue weighted by molar-refractivity contribution is 9.10. The van der Waals surface area contributed by atoms with Crippen molar-refractivity contribution in [3.05, 3.63) is 68.6 Å². The predicted octanol–water partition coefficient (Wildman–Crippen LogP) is 4.60. The Morgan fingerprint density at radius 3 is 2.16 bits per heavy atom. The molecule has 96 valence electrons. The molecule has 1 unspecified atom stereocenters. The maximum Gasteiger partial charge on any atom is 0.0913 e. The van der Waals surface area contributed by atoms with Gasteiger partial charge >= 0.3 is 0 Å². The van der Waals surface area contributed by atoms with Gasteiger partial charge in [-0.2, -0.15) is 5.10 Å². The minimum absolute atomic E-state index is 0.430. The molecule has 0 saturated carbocycles. The molecule has 0 bridgehead atoms. The molecule has 2 aromatic carbocycles. The maximum atomic E-state index is 4.50. The molecule has 1 saturated heterocycles. The third kappa shape index (κ3) is 3.25. The van der Waals surface area contributed by atoms with Crippen LogP contribution in [0.15, 0.2) is 62.6 Å². The first-order chi connectivity index (χ1) is 9.22. The number of rotatable bonds is 3. The van der Waals surface area contributed by atoms with E-state index in [1.165, 1.54) is 5.56 Å². The summed E-state index contributed by atoms with van der Waals surface area (Å²) in [5.41, 5.74) is 2.43. The molecule has 1 aliphatic heterocycles. The van der Waals surface area contributed by atoms with Gasteiger partial charge in [-0.05, 0) is 35.4 Å². The van der Waals surface area contributed by atoms with E-state index in [1.807, 2.05) is 30.5 Å². The summed E-state index contributed by atoms with van der Waals surface area (Å²) in [5.74, 6) is 0. The Hall–Kier alpha value is -1.13. The summed E-state index contributed by atoms with van der Waals surface area (Å²) in [6.07, 6.45) is 1.91. The molecule has 1 aliphatic rings. The van der Waals surface area contributed by atoms with E-state index in [0.29, 0.717) is 6.04 Å². The van der Waals surface area contributed by atoms with E-state index in [2.05, 4.69) is 66.2 Å². The van der Waals surface area contributed by atoms with Crippen molar-refractivity contribution in [3.8, 4) is 0 Å². The minimum atomic E-state index is 0.430. The highest BCUT2D eigenvalue weighted by atomic mass is 79.9. The summed E-state index contributed by atoms with van der Waals surface area (Å²) in [6, 6.07) is 17.0. The molecule has 0 spiro atoms. The van der Waals surface area contributed by atoms with Crippen LogP contribution in [0.1, 0.15) is 17.2 Å². The van der Waals surface area contributed by atoms with Gasteiger partial charge in [0.2, 0.25) is 0 Å². The monoisotopic (exact) mass is 378 g/mol. The zero-order valence-corrected chi connectivity index (χ0v) is 13.3. The van der Waals surface area contributed by atoms with Gasteiger partial charge in [0, 0.05) is 8.95 Å². The zero-order chi connectivity index (χ0) is 13.2. The average Bonchev–Trinajstić information content (AvgIpc) is 3.19. The molecule has 3 rings (SSSR count). The number of halogens is 2. The molecule has 1 atom stereocenters. The van der Waals surface area contributed by atoms with Crippen LogP contribution >= 0.6 is 31.9 Å². The van der Waals surface area contributed by atoms with E-state index in [-0.39, 0.29) is 0 Å². The second kappa shape index (κ2) is 5.47. The molecule has 1 fully saturated rings. The minimum Gasteiger partial charge on any atom is -0.285 e. The van der Waals surface area contributed by atoms with Gasteiger partial charge < -0.3 is 0 Å². The van der Waals surface area contributed by atoms with Crippen molar-refractivity contribution in [1.82, 2.24) is 5.01 Å². The van der Waals surface area contributed by atoms with E-state index in [4.69, 9.17) is 0 Å². The van der Waals surface area contributed by atoms with E-state index in [9.17, 15) is 0 Å². The van der Waals surface area contributed by atoms with Gasteiger partial charge in [-0.1, -0.05) is 56.1 Å². The molecular formula is C15H12Br2N2. The lowest BCUT2D eigenvalue weighted by molar-refractivity contribution is 0.556. The standard InChI is InChI=1S/C15H12Br2N2/c16-13-5-1-11(2-6-13)9-18-19-10-15(19)12-3-7-14(17)8-4-12/h1-9,15H,10H2/b18-9+. The number of nitrogens with zero attached hydrogens (tertiary/aromatic N) is 2. The van der Waals surface area contributed by atoms with Crippen molar-refractivity contribution in [1.29, 1.82) is 0 Å². The van der Waals surface area contributed by atoms with E-state index >= 15 is 0 Å². The molecule has 0 aromatic heterocycles.